The van der Waals surface area contributed by atoms with Crippen molar-refractivity contribution in [1.82, 2.24) is 29.7 Å². The second kappa shape index (κ2) is 21.0. The minimum Gasteiger partial charge on any atom is -0.439 e. The summed E-state index contributed by atoms with van der Waals surface area (Å²) < 4.78 is 72.3. The number of ether oxygens (including phenoxy) is 1. The highest BCUT2D eigenvalue weighted by Crippen LogP contribution is 2.50. The average molecular weight is 1040 g/mol. The van der Waals surface area contributed by atoms with E-state index >= 15 is 0 Å². The Morgan fingerprint density at radius 2 is 1.23 bits per heavy atom. The Morgan fingerprint density at radius 1 is 0.595 bits per heavy atom. The van der Waals surface area contributed by atoms with Gasteiger partial charge in [0.1, 0.15) is 12.4 Å². The van der Waals surface area contributed by atoms with Crippen LogP contribution in [0.25, 0.3) is 61.0 Å². The molecule has 0 fully saturated rings. The van der Waals surface area contributed by atoms with Gasteiger partial charge in [0.25, 0.3) is 0 Å². The van der Waals surface area contributed by atoms with Crippen molar-refractivity contribution in [3.05, 3.63) is 247 Å². The van der Waals surface area contributed by atoms with Crippen LogP contribution in [0.2, 0.25) is 0 Å². The molecule has 9 aromatic rings. The third kappa shape index (κ3) is 9.82. The number of allylic oxidation sites excluding steroid dienone is 8. The van der Waals surface area contributed by atoms with E-state index in [1.54, 1.807) is 42.5 Å². The van der Waals surface area contributed by atoms with Crippen LogP contribution in [0.5, 0.6) is 11.6 Å². The summed E-state index contributed by atoms with van der Waals surface area (Å²) in [6.45, 7) is 10.9. The van der Waals surface area contributed by atoms with E-state index in [0.29, 0.717) is 40.0 Å². The largest absolute Gasteiger partial charge is 0.439 e. The molecule has 386 valence electrons. The molecule has 6 heterocycles. The van der Waals surface area contributed by atoms with Crippen molar-refractivity contribution >= 4 is 81.1 Å². The Morgan fingerprint density at radius 3 is 1.91 bits per heavy atom. The second-order valence-electron chi connectivity index (χ2n) is 21.7. The molecular formula is C68H62B2N8O. The molecule has 12 rings (SSSR count). The van der Waals surface area contributed by atoms with E-state index in [2.05, 4.69) is 167 Å². The van der Waals surface area contributed by atoms with E-state index in [0.717, 1.165) is 66.1 Å². The van der Waals surface area contributed by atoms with Crippen LogP contribution in [0.15, 0.2) is 225 Å². The summed E-state index contributed by atoms with van der Waals surface area (Å²) in [6.07, 6.45) is 23.8. The predicted octanol–water partition coefficient (Wildman–Crippen LogP) is 15.7. The highest BCUT2D eigenvalue weighted by Gasteiger charge is 2.34. The summed E-state index contributed by atoms with van der Waals surface area (Å²) in [6, 6.07) is 36.2. The number of aryl methyl sites for hydroxylation is 1. The van der Waals surface area contributed by atoms with Crippen molar-refractivity contribution in [2.45, 2.75) is 52.4 Å². The molecule has 0 saturated heterocycles. The quantitative estimate of drug-likeness (QED) is 0.147. The molecule has 0 unspecified atom stereocenters. The number of anilines is 4. The molecule has 11 heteroatoms. The number of pyridine rings is 1. The number of rotatable bonds is 8. The number of hydrogen-bond acceptors (Lipinski definition) is 7. The summed E-state index contributed by atoms with van der Waals surface area (Å²) in [5.41, 5.74) is 12.2. The van der Waals surface area contributed by atoms with Gasteiger partial charge >= 0.3 is 0 Å². The number of aromatic nitrogens is 4. The molecular weight excluding hydrogens is 966 g/mol. The fraction of sp³-hybridized carbons (Fsp3) is 0.147. The molecule has 0 saturated carbocycles. The number of para-hydroxylation sites is 6. The van der Waals surface area contributed by atoms with Crippen molar-refractivity contribution in [2.75, 3.05) is 16.5 Å². The Labute approximate surface area is 475 Å². The van der Waals surface area contributed by atoms with Crippen molar-refractivity contribution < 1.29 is 14.3 Å². The number of nitrogens with one attached hydrogen (secondary N) is 2. The van der Waals surface area contributed by atoms with Gasteiger partial charge in [-0.1, -0.05) is 156 Å². The summed E-state index contributed by atoms with van der Waals surface area (Å²) in [7, 11) is 4.27. The Balaban J connectivity index is 1.08. The van der Waals surface area contributed by atoms with Crippen LogP contribution < -0.4 is 25.2 Å². The lowest BCUT2D eigenvalue weighted by atomic mass is 9.63. The van der Waals surface area contributed by atoms with E-state index in [9.17, 15) is 2.74 Å². The summed E-state index contributed by atoms with van der Waals surface area (Å²) in [5.74, 6) is 4.65. The van der Waals surface area contributed by atoms with E-state index in [1.807, 2.05) is 67.3 Å². The zero-order valence-corrected chi connectivity index (χ0v) is 45.0. The molecule has 0 bridgehead atoms. The zero-order valence-electron chi connectivity index (χ0n) is 52.0. The summed E-state index contributed by atoms with van der Waals surface area (Å²) in [5, 5.41) is 7.12. The van der Waals surface area contributed by atoms with Crippen LogP contribution in [0.4, 0.5) is 22.7 Å². The minimum absolute atomic E-state index is 0.0419. The molecule has 2 N–H and O–H groups in total. The molecule has 0 aliphatic carbocycles. The first-order chi connectivity index (χ1) is 41.3. The first-order valence-electron chi connectivity index (χ1n) is 30.0. The first-order valence-corrected chi connectivity index (χ1v) is 26.5. The lowest BCUT2D eigenvalue weighted by Gasteiger charge is -2.31. The van der Waals surface area contributed by atoms with Crippen molar-refractivity contribution in [3.8, 4) is 28.8 Å². The monoisotopic (exact) mass is 1040 g/mol. The van der Waals surface area contributed by atoms with Gasteiger partial charge in [0.2, 0.25) is 11.8 Å². The number of nitrogens with zero attached hydrogens (tertiary/aromatic N) is 6. The second-order valence-corrected chi connectivity index (χ2v) is 21.7. The fourth-order valence-corrected chi connectivity index (χ4v) is 10.7. The molecule has 9 nitrogen and oxygen atoms in total. The van der Waals surface area contributed by atoms with E-state index < -0.39 is 19.1 Å². The molecule has 2 radical (unpaired) electrons. The number of fused-ring (bicyclic) bond motifs is 5. The SMILES string of the molecule is [2H]c1c([2H])c([2H])c2c(c1[2H])c1ccc(Oc3cc(N4CN(c5c(/C6=C/C=C\N/C=C\C=C/[B]6)cccc5/C5=C/C=C\N/C=C\C=C/[B]5)c5ccccc54)cc(-c4c(C(C)(C)C)cccc4C(C)(C)C)n3)cc1n2-c1nc2ccccc2n1C([2H])([2H])[2H]. The lowest BCUT2D eigenvalue weighted by molar-refractivity contribution is 0.464. The molecule has 0 spiro atoms. The predicted molar refractivity (Wildman–Crippen MR) is 333 cm³/mol. The van der Waals surface area contributed by atoms with Gasteiger partial charge in [0.05, 0.1) is 56.0 Å². The molecule has 3 aliphatic heterocycles. The van der Waals surface area contributed by atoms with Crippen molar-refractivity contribution in [2.24, 2.45) is 6.98 Å². The van der Waals surface area contributed by atoms with E-state index in [-0.39, 0.29) is 45.6 Å². The van der Waals surface area contributed by atoms with Gasteiger partial charge in [-0.25, -0.2) is 9.97 Å². The minimum atomic E-state index is -2.74. The van der Waals surface area contributed by atoms with Gasteiger partial charge in [0, 0.05) is 64.4 Å². The Bertz CT molecular complexity index is 4350. The molecule has 6 aromatic carbocycles. The van der Waals surface area contributed by atoms with Crippen LogP contribution in [0, 0.1) is 0 Å². The third-order valence-electron chi connectivity index (χ3n) is 14.4. The van der Waals surface area contributed by atoms with Crippen LogP contribution in [-0.4, -0.2) is 40.3 Å². The van der Waals surface area contributed by atoms with E-state index in [4.69, 9.17) is 21.6 Å². The Kier molecular flexibility index (Phi) is 11.4. The van der Waals surface area contributed by atoms with Crippen LogP contribution >= 0.6 is 0 Å². The van der Waals surface area contributed by atoms with Crippen LogP contribution in [-0.2, 0) is 17.8 Å². The van der Waals surface area contributed by atoms with Crippen LogP contribution in [0.1, 0.15) is 73.4 Å². The normalized spacial score (nSPS) is 19.8. The van der Waals surface area contributed by atoms with E-state index in [1.165, 1.54) is 4.57 Å². The molecule has 3 aliphatic rings. The van der Waals surface area contributed by atoms with Gasteiger partial charge in [-0.3, -0.25) is 4.57 Å². The number of imidazole rings is 1. The first kappa shape index (κ1) is 42.9. The van der Waals surface area contributed by atoms with Gasteiger partial charge in [-0.05, 0) is 106 Å². The van der Waals surface area contributed by atoms with Gasteiger partial charge in [-0.2, -0.15) is 0 Å². The lowest BCUT2D eigenvalue weighted by Crippen LogP contribution is -2.26. The molecule has 79 heavy (non-hydrogen) atoms. The highest BCUT2D eigenvalue weighted by molar-refractivity contribution is 6.67. The topological polar surface area (TPSA) is 75.4 Å². The highest BCUT2D eigenvalue weighted by atomic mass is 16.5. The summed E-state index contributed by atoms with van der Waals surface area (Å²) >= 11 is 0. The smallest absolute Gasteiger partial charge is 0.221 e. The summed E-state index contributed by atoms with van der Waals surface area (Å²) in [4.78, 5) is 15.0. The number of hydrogen-bond donors (Lipinski definition) is 2. The fourth-order valence-electron chi connectivity index (χ4n) is 10.7. The maximum absolute atomic E-state index is 9.32. The molecule has 0 atom stereocenters. The maximum atomic E-state index is 9.32. The Hall–Kier alpha value is -9.21. The molecule has 3 aromatic heterocycles. The van der Waals surface area contributed by atoms with Gasteiger partial charge in [-0.15, -0.1) is 12.0 Å². The van der Waals surface area contributed by atoms with Crippen molar-refractivity contribution in [1.29, 1.82) is 0 Å². The maximum Gasteiger partial charge on any atom is 0.221 e. The third-order valence-corrected chi connectivity index (χ3v) is 14.4. The number of benzene rings is 6. The van der Waals surface area contributed by atoms with Gasteiger partial charge < -0.3 is 29.7 Å². The zero-order chi connectivity index (χ0) is 60.2. The van der Waals surface area contributed by atoms with Gasteiger partial charge in [0.15, 0.2) is 14.6 Å². The molecule has 0 amide bonds. The van der Waals surface area contributed by atoms with Crippen molar-refractivity contribution in [3.63, 3.8) is 0 Å². The standard InChI is InChI=1S/C68H62B2N8O/c1-67(2,3)52-25-19-26-53(68(4,5)6)64(52)57-42-46(43-63(73-57)79-47-34-35-49-48-22-8-10-30-58(48)78(62(49)44-47)66-74-56-29-9-11-31-59(56)75(66)7)76-45-77(61-33-13-12-32-60(61)76)65-50(54-27-20-40-71-38-16-14-36-69-54)23-18-24-51(65)55-28-21-41-72-39-17-15-37-70-55/h8-44,71-72H,45H2,1-7H3/b36-14-,37-15-,38-16-,39-17-,40-20-,41-21-,54-27-,55-28-/i7D3,8D,10D,22D,30D. The average Bonchev–Trinajstić information content (AvgIpc) is 1.60. The van der Waals surface area contributed by atoms with Crippen LogP contribution in [0.3, 0.4) is 0 Å².